The molecule has 0 spiro atoms. The highest BCUT2D eigenvalue weighted by molar-refractivity contribution is 5.64. The summed E-state index contributed by atoms with van der Waals surface area (Å²) in [7, 11) is 1.61. The molecule has 0 radical (unpaired) electrons. The summed E-state index contributed by atoms with van der Waals surface area (Å²) in [4.78, 5) is 4.64. The zero-order chi connectivity index (χ0) is 18.8. The highest BCUT2D eigenvalue weighted by atomic mass is 16.5. The average Bonchev–Trinajstić information content (AvgIpc) is 3.48. The van der Waals surface area contributed by atoms with Crippen molar-refractivity contribution in [3.8, 4) is 23.1 Å². The van der Waals surface area contributed by atoms with Crippen LogP contribution in [0.25, 0.3) is 11.3 Å². The van der Waals surface area contributed by atoms with Gasteiger partial charge in [0.2, 0.25) is 0 Å². The van der Waals surface area contributed by atoms with Crippen molar-refractivity contribution in [2.75, 3.05) is 7.11 Å². The molecular weight excluding hydrogens is 336 g/mol. The van der Waals surface area contributed by atoms with Crippen LogP contribution in [0.5, 0.6) is 5.75 Å². The van der Waals surface area contributed by atoms with E-state index in [1.165, 1.54) is 24.8 Å². The fourth-order valence-corrected chi connectivity index (χ4v) is 4.06. The molecule has 2 saturated carbocycles. The van der Waals surface area contributed by atoms with Gasteiger partial charge in [0.1, 0.15) is 5.75 Å². The fourth-order valence-electron chi connectivity index (χ4n) is 4.06. The molecule has 1 heterocycles. The lowest BCUT2D eigenvalue weighted by atomic mass is 9.92. The van der Waals surface area contributed by atoms with E-state index in [2.05, 4.69) is 22.4 Å². The molecule has 1 aromatic carbocycles. The van der Waals surface area contributed by atoms with Crippen LogP contribution in [0, 0.1) is 11.3 Å². The molecule has 0 amide bonds. The van der Waals surface area contributed by atoms with E-state index in [-0.39, 0.29) is 0 Å². The Bertz CT molecular complexity index is 834. The molecule has 3 N–H and O–H groups in total. The zero-order valence-electron chi connectivity index (χ0n) is 15.7. The Balaban J connectivity index is 1.41. The Kier molecular flexibility index (Phi) is 5.11. The van der Waals surface area contributed by atoms with E-state index in [9.17, 15) is 5.26 Å². The first-order valence-corrected chi connectivity index (χ1v) is 9.73. The lowest BCUT2D eigenvalue weighted by Gasteiger charge is -2.27. The molecule has 0 aliphatic heterocycles. The number of methoxy groups -OCH3 is 1. The molecule has 2 aliphatic carbocycles. The summed E-state index contributed by atoms with van der Waals surface area (Å²) in [5.41, 5.74) is 9.63. The number of nitriles is 1. The van der Waals surface area contributed by atoms with Crippen LogP contribution in [0.2, 0.25) is 0 Å². The number of hydrogen-bond donors (Lipinski definition) is 2. The van der Waals surface area contributed by atoms with E-state index in [1.54, 1.807) is 13.2 Å². The van der Waals surface area contributed by atoms with E-state index >= 15 is 0 Å². The topological polar surface area (TPSA) is 84.0 Å². The average molecular weight is 362 g/mol. The molecule has 4 rings (SSSR count). The van der Waals surface area contributed by atoms with Crippen molar-refractivity contribution >= 4 is 0 Å². The number of pyridine rings is 1. The van der Waals surface area contributed by atoms with Gasteiger partial charge in [0.05, 0.1) is 24.4 Å². The van der Waals surface area contributed by atoms with E-state index in [0.29, 0.717) is 35.4 Å². The summed E-state index contributed by atoms with van der Waals surface area (Å²) in [5.74, 6) is 1.23. The van der Waals surface area contributed by atoms with E-state index in [0.717, 1.165) is 24.1 Å². The van der Waals surface area contributed by atoms with Crippen LogP contribution in [0.1, 0.15) is 49.1 Å². The molecule has 1 aromatic heterocycles. The quantitative estimate of drug-likeness (QED) is 0.852. The minimum absolute atomic E-state index is 0.396. The summed E-state index contributed by atoms with van der Waals surface area (Å²) in [6.45, 7) is 0. The summed E-state index contributed by atoms with van der Waals surface area (Å²) in [6, 6.07) is 13.5. The Morgan fingerprint density at radius 3 is 2.67 bits per heavy atom. The van der Waals surface area contributed by atoms with Crippen molar-refractivity contribution < 1.29 is 4.74 Å². The second-order valence-electron chi connectivity index (χ2n) is 7.77. The summed E-state index contributed by atoms with van der Waals surface area (Å²) in [5, 5.41) is 13.0. The first kappa shape index (κ1) is 18.0. The minimum Gasteiger partial charge on any atom is -0.497 e. The normalized spacial score (nSPS) is 27.0. The van der Waals surface area contributed by atoms with E-state index < -0.39 is 0 Å². The van der Waals surface area contributed by atoms with Crippen LogP contribution in [-0.4, -0.2) is 30.2 Å². The Labute approximate surface area is 160 Å². The van der Waals surface area contributed by atoms with Crippen LogP contribution in [-0.2, 0) is 0 Å². The number of rotatable bonds is 5. The number of nitrogens with one attached hydrogen (secondary N) is 1. The monoisotopic (exact) mass is 362 g/mol. The van der Waals surface area contributed by atoms with Crippen molar-refractivity contribution in [1.29, 1.82) is 5.26 Å². The van der Waals surface area contributed by atoms with E-state index in [4.69, 9.17) is 10.5 Å². The van der Waals surface area contributed by atoms with Crippen molar-refractivity contribution in [2.45, 2.75) is 56.1 Å². The summed E-state index contributed by atoms with van der Waals surface area (Å²) in [6.07, 6.45) is 7.82. The van der Waals surface area contributed by atoms with Crippen LogP contribution in [0.3, 0.4) is 0 Å². The first-order valence-electron chi connectivity index (χ1n) is 9.73. The standard InChI is InChI=1S/C22H26N4O/c1-27-19-9-14(12-23)8-16(10-19)21-7-2-15(13-25-21)20-11-22(20)26-18-5-3-17(24)4-6-18/h2,7-10,13,17-18,20,22,26H,3-6,11,24H2,1H3/t17?,18?,20-,22?/m1/s1. The second-order valence-corrected chi connectivity index (χ2v) is 7.77. The predicted molar refractivity (Wildman–Crippen MR) is 105 cm³/mol. The van der Waals surface area contributed by atoms with Gasteiger partial charge in [-0.2, -0.15) is 5.26 Å². The number of nitrogens with zero attached hydrogens (tertiary/aromatic N) is 2. The van der Waals surface area contributed by atoms with Gasteiger partial charge >= 0.3 is 0 Å². The molecule has 2 fully saturated rings. The molecule has 5 heteroatoms. The van der Waals surface area contributed by atoms with Gasteiger partial charge in [-0.25, -0.2) is 0 Å². The van der Waals surface area contributed by atoms with Gasteiger partial charge in [0, 0.05) is 35.8 Å². The van der Waals surface area contributed by atoms with Gasteiger partial charge in [-0.1, -0.05) is 6.07 Å². The molecule has 0 saturated heterocycles. The van der Waals surface area contributed by atoms with E-state index in [1.807, 2.05) is 24.4 Å². The summed E-state index contributed by atoms with van der Waals surface area (Å²) < 4.78 is 5.29. The molecule has 27 heavy (non-hydrogen) atoms. The van der Waals surface area contributed by atoms with Gasteiger partial charge in [-0.05, 0) is 61.9 Å². The third kappa shape index (κ3) is 4.13. The van der Waals surface area contributed by atoms with Crippen molar-refractivity contribution in [1.82, 2.24) is 10.3 Å². The maximum Gasteiger partial charge on any atom is 0.120 e. The number of benzene rings is 1. The van der Waals surface area contributed by atoms with Crippen LogP contribution in [0.15, 0.2) is 36.5 Å². The minimum atomic E-state index is 0.396. The molecular formula is C22H26N4O. The SMILES string of the molecule is COc1cc(C#N)cc(-c2ccc([C@H]3CC3NC3CCC(N)CC3)cn2)c1. The maximum atomic E-state index is 9.19. The lowest BCUT2D eigenvalue weighted by molar-refractivity contribution is 0.339. The molecule has 0 bridgehead atoms. The molecule has 1 unspecified atom stereocenters. The number of nitrogens with two attached hydrogens (primary N) is 1. The smallest absolute Gasteiger partial charge is 0.120 e. The van der Waals surface area contributed by atoms with Crippen LogP contribution < -0.4 is 15.8 Å². The van der Waals surface area contributed by atoms with Crippen LogP contribution in [0.4, 0.5) is 0 Å². The lowest BCUT2D eigenvalue weighted by Crippen LogP contribution is -2.38. The molecule has 2 aliphatic rings. The zero-order valence-corrected chi connectivity index (χ0v) is 15.7. The maximum absolute atomic E-state index is 9.19. The predicted octanol–water partition coefficient (Wildman–Crippen LogP) is 3.34. The number of hydrogen-bond acceptors (Lipinski definition) is 5. The van der Waals surface area contributed by atoms with Crippen molar-refractivity contribution in [3.63, 3.8) is 0 Å². The number of aromatic nitrogens is 1. The van der Waals surface area contributed by atoms with Gasteiger partial charge in [-0.15, -0.1) is 0 Å². The second kappa shape index (κ2) is 7.67. The Morgan fingerprint density at radius 1 is 1.19 bits per heavy atom. The van der Waals surface area contributed by atoms with Gasteiger partial charge < -0.3 is 15.8 Å². The first-order chi connectivity index (χ1) is 13.2. The molecule has 2 atom stereocenters. The van der Waals surface area contributed by atoms with Gasteiger partial charge in [-0.3, -0.25) is 4.98 Å². The van der Waals surface area contributed by atoms with Gasteiger partial charge in [0.25, 0.3) is 0 Å². The highest BCUT2D eigenvalue weighted by Crippen LogP contribution is 2.42. The molecule has 5 nitrogen and oxygen atoms in total. The molecule has 140 valence electrons. The third-order valence-corrected chi connectivity index (χ3v) is 5.79. The largest absolute Gasteiger partial charge is 0.497 e. The van der Waals surface area contributed by atoms with Gasteiger partial charge in [0.15, 0.2) is 0 Å². The Morgan fingerprint density at radius 2 is 2.00 bits per heavy atom. The van der Waals surface area contributed by atoms with Crippen molar-refractivity contribution in [3.05, 3.63) is 47.7 Å². The fraction of sp³-hybridized carbons (Fsp3) is 0.455. The van der Waals surface area contributed by atoms with Crippen molar-refractivity contribution in [2.24, 2.45) is 5.73 Å². The number of ether oxygens (including phenoxy) is 1. The van der Waals surface area contributed by atoms with Crippen LogP contribution >= 0.6 is 0 Å². The summed E-state index contributed by atoms with van der Waals surface area (Å²) >= 11 is 0. The molecule has 2 aromatic rings. The third-order valence-electron chi connectivity index (χ3n) is 5.79. The Hall–Kier alpha value is -2.42. The highest BCUT2D eigenvalue weighted by Gasteiger charge is 2.40.